The van der Waals surface area contributed by atoms with Gasteiger partial charge in [0.1, 0.15) is 12.4 Å². The minimum atomic E-state index is -1.38. The number of esters is 1. The molecule has 7 nitrogen and oxygen atoms in total. The minimum absolute atomic E-state index is 0.165. The van der Waals surface area contributed by atoms with Crippen molar-refractivity contribution in [3.8, 4) is 0 Å². The predicted octanol–water partition coefficient (Wildman–Crippen LogP) is 1.21. The third kappa shape index (κ3) is 4.23. The Hall–Kier alpha value is -2.64. The minimum Gasteiger partial charge on any atom is -0.478 e. The lowest BCUT2D eigenvalue weighted by Gasteiger charge is -2.10. The van der Waals surface area contributed by atoms with Gasteiger partial charge in [0.2, 0.25) is 0 Å². The van der Waals surface area contributed by atoms with Gasteiger partial charge in [-0.2, -0.15) is 0 Å². The second kappa shape index (κ2) is 7.07. The number of hydrogen-bond acceptors (Lipinski definition) is 4. The number of aromatic carboxylic acids is 1. The number of anilines is 1. The highest BCUT2D eigenvalue weighted by molar-refractivity contribution is 6.00. The fourth-order valence-corrected chi connectivity index (χ4v) is 1.35. The van der Waals surface area contributed by atoms with E-state index in [-0.39, 0.29) is 6.61 Å². The van der Waals surface area contributed by atoms with Gasteiger partial charge in [-0.05, 0) is 19.1 Å². The Morgan fingerprint density at radius 3 is 2.65 bits per heavy atom. The average molecular weight is 284 g/mol. The van der Waals surface area contributed by atoms with E-state index < -0.39 is 41.6 Å². The first-order chi connectivity index (χ1) is 9.45. The van der Waals surface area contributed by atoms with Crippen molar-refractivity contribution in [2.75, 3.05) is 18.5 Å². The summed E-state index contributed by atoms with van der Waals surface area (Å²) in [7, 11) is 0. The van der Waals surface area contributed by atoms with Crippen molar-refractivity contribution in [3.05, 3.63) is 29.6 Å². The van der Waals surface area contributed by atoms with Gasteiger partial charge in [-0.25, -0.2) is 14.0 Å². The van der Waals surface area contributed by atoms with Crippen LogP contribution in [0.15, 0.2) is 18.2 Å². The quantitative estimate of drug-likeness (QED) is 0.705. The maximum atomic E-state index is 13.5. The van der Waals surface area contributed by atoms with Crippen LogP contribution in [-0.4, -0.2) is 36.2 Å². The summed E-state index contributed by atoms with van der Waals surface area (Å²) in [5.74, 6) is -2.93. The summed E-state index contributed by atoms with van der Waals surface area (Å²) in [6.07, 6.45) is 0. The fraction of sp³-hybridized carbons (Fsp3) is 0.250. The summed E-state index contributed by atoms with van der Waals surface area (Å²) in [6, 6.07) is 2.45. The molecule has 108 valence electrons. The number of nitrogens with one attached hydrogen (secondary N) is 2. The number of para-hydroxylation sites is 1. The van der Waals surface area contributed by atoms with Gasteiger partial charge >= 0.3 is 18.0 Å². The number of ether oxygens (including phenoxy) is 1. The van der Waals surface area contributed by atoms with E-state index >= 15 is 0 Å². The second-order valence-electron chi connectivity index (χ2n) is 3.58. The van der Waals surface area contributed by atoms with Crippen LogP contribution >= 0.6 is 0 Å². The van der Waals surface area contributed by atoms with Gasteiger partial charge in [0.25, 0.3) is 0 Å². The number of hydrogen-bond donors (Lipinski definition) is 3. The summed E-state index contributed by atoms with van der Waals surface area (Å²) >= 11 is 0. The molecule has 0 aliphatic rings. The van der Waals surface area contributed by atoms with E-state index in [0.717, 1.165) is 12.1 Å². The van der Waals surface area contributed by atoms with Crippen LogP contribution in [0.4, 0.5) is 14.9 Å². The number of carbonyl (C=O) groups excluding carboxylic acids is 2. The number of urea groups is 1. The molecule has 0 saturated heterocycles. The number of rotatable bonds is 5. The van der Waals surface area contributed by atoms with Gasteiger partial charge in [-0.3, -0.25) is 4.79 Å². The van der Waals surface area contributed by atoms with Gasteiger partial charge in [-0.15, -0.1) is 0 Å². The molecule has 0 fully saturated rings. The molecule has 0 aromatic heterocycles. The Morgan fingerprint density at radius 1 is 1.35 bits per heavy atom. The Bertz CT molecular complexity index is 533. The number of carboxylic acid groups (broad SMARTS) is 1. The summed E-state index contributed by atoms with van der Waals surface area (Å²) in [6.45, 7) is 1.37. The van der Waals surface area contributed by atoms with Gasteiger partial charge in [0.05, 0.1) is 17.9 Å². The van der Waals surface area contributed by atoms with Crippen molar-refractivity contribution in [2.24, 2.45) is 0 Å². The summed E-state index contributed by atoms with van der Waals surface area (Å²) in [5, 5.41) is 13.0. The van der Waals surface area contributed by atoms with Crippen LogP contribution in [0.3, 0.4) is 0 Å². The first kappa shape index (κ1) is 15.4. The molecule has 20 heavy (non-hydrogen) atoms. The van der Waals surface area contributed by atoms with E-state index in [1.807, 2.05) is 5.32 Å². The second-order valence-corrected chi connectivity index (χ2v) is 3.58. The van der Waals surface area contributed by atoms with Crippen molar-refractivity contribution in [3.63, 3.8) is 0 Å². The van der Waals surface area contributed by atoms with Crippen molar-refractivity contribution in [1.82, 2.24) is 5.32 Å². The standard InChI is InChI=1S/C12H13FN2O5/c1-2-20-9(16)6-14-12(19)15-10-7(11(17)18)4-3-5-8(10)13/h3-5H,2,6H2,1H3,(H,17,18)(H2,14,15,19). The van der Waals surface area contributed by atoms with Gasteiger partial charge in [-0.1, -0.05) is 6.07 Å². The summed E-state index contributed by atoms with van der Waals surface area (Å²) < 4.78 is 18.1. The molecular formula is C12H13FN2O5. The molecular weight excluding hydrogens is 271 g/mol. The topological polar surface area (TPSA) is 105 Å². The highest BCUT2D eigenvalue weighted by Crippen LogP contribution is 2.19. The van der Waals surface area contributed by atoms with E-state index in [9.17, 15) is 18.8 Å². The molecule has 2 amide bonds. The van der Waals surface area contributed by atoms with E-state index in [1.54, 1.807) is 6.92 Å². The first-order valence-electron chi connectivity index (χ1n) is 5.68. The van der Waals surface area contributed by atoms with Gasteiger partial charge in [0, 0.05) is 0 Å². The van der Waals surface area contributed by atoms with Crippen LogP contribution in [0.1, 0.15) is 17.3 Å². The molecule has 0 aliphatic carbocycles. The molecule has 1 rings (SSSR count). The Morgan fingerprint density at radius 2 is 2.05 bits per heavy atom. The largest absolute Gasteiger partial charge is 0.478 e. The van der Waals surface area contributed by atoms with Crippen LogP contribution in [-0.2, 0) is 9.53 Å². The fourth-order valence-electron chi connectivity index (χ4n) is 1.35. The Labute approximate surface area is 113 Å². The molecule has 1 aromatic rings. The normalized spacial score (nSPS) is 9.70. The molecule has 0 spiro atoms. The van der Waals surface area contributed by atoms with Crippen LogP contribution in [0.25, 0.3) is 0 Å². The highest BCUT2D eigenvalue weighted by atomic mass is 19.1. The zero-order chi connectivity index (χ0) is 15.1. The highest BCUT2D eigenvalue weighted by Gasteiger charge is 2.16. The van der Waals surface area contributed by atoms with E-state index in [0.29, 0.717) is 0 Å². The Kier molecular flexibility index (Phi) is 5.45. The molecule has 3 N–H and O–H groups in total. The molecule has 0 bridgehead atoms. The van der Waals surface area contributed by atoms with E-state index in [2.05, 4.69) is 10.1 Å². The molecule has 0 saturated carbocycles. The van der Waals surface area contributed by atoms with Crippen molar-refractivity contribution >= 4 is 23.7 Å². The molecule has 0 aliphatic heterocycles. The molecule has 0 radical (unpaired) electrons. The lowest BCUT2D eigenvalue weighted by molar-refractivity contribution is -0.141. The SMILES string of the molecule is CCOC(=O)CNC(=O)Nc1c(F)cccc1C(=O)O. The maximum Gasteiger partial charge on any atom is 0.337 e. The lowest BCUT2D eigenvalue weighted by atomic mass is 10.1. The number of amides is 2. The Balaban J connectivity index is 2.71. The number of halogens is 1. The zero-order valence-corrected chi connectivity index (χ0v) is 10.6. The van der Waals surface area contributed by atoms with E-state index in [1.165, 1.54) is 6.07 Å². The van der Waals surface area contributed by atoms with Crippen LogP contribution in [0.2, 0.25) is 0 Å². The number of carboxylic acids is 1. The molecule has 1 aromatic carbocycles. The predicted molar refractivity (Wildman–Crippen MR) is 67.0 cm³/mol. The molecule has 0 atom stereocenters. The van der Waals surface area contributed by atoms with E-state index in [4.69, 9.17) is 5.11 Å². The van der Waals surface area contributed by atoms with Crippen LogP contribution in [0, 0.1) is 5.82 Å². The maximum absolute atomic E-state index is 13.5. The number of benzene rings is 1. The number of carbonyl (C=O) groups is 3. The molecule has 8 heteroatoms. The molecule has 0 heterocycles. The van der Waals surface area contributed by atoms with Crippen molar-refractivity contribution in [2.45, 2.75) is 6.92 Å². The lowest BCUT2D eigenvalue weighted by Crippen LogP contribution is -2.34. The van der Waals surface area contributed by atoms with Gasteiger partial charge < -0.3 is 20.5 Å². The molecule has 0 unspecified atom stereocenters. The van der Waals surface area contributed by atoms with Crippen LogP contribution < -0.4 is 10.6 Å². The summed E-state index contributed by atoms with van der Waals surface area (Å²) in [4.78, 5) is 33.4. The monoisotopic (exact) mass is 284 g/mol. The first-order valence-corrected chi connectivity index (χ1v) is 5.68. The summed E-state index contributed by atoms with van der Waals surface area (Å²) in [5.41, 5.74) is -0.863. The smallest absolute Gasteiger partial charge is 0.337 e. The van der Waals surface area contributed by atoms with Gasteiger partial charge in [0.15, 0.2) is 0 Å². The third-order valence-electron chi connectivity index (χ3n) is 2.18. The van der Waals surface area contributed by atoms with Crippen LogP contribution in [0.5, 0.6) is 0 Å². The third-order valence-corrected chi connectivity index (χ3v) is 2.18. The van der Waals surface area contributed by atoms with Crippen molar-refractivity contribution in [1.29, 1.82) is 0 Å². The van der Waals surface area contributed by atoms with Crippen molar-refractivity contribution < 1.29 is 28.6 Å². The average Bonchev–Trinajstić information content (AvgIpc) is 2.39. The zero-order valence-electron chi connectivity index (χ0n) is 10.6.